The Labute approximate surface area is 96.9 Å². The average Bonchev–Trinajstić information content (AvgIpc) is 2.26. The summed E-state index contributed by atoms with van der Waals surface area (Å²) in [6.07, 6.45) is 1.90. The van der Waals surface area contributed by atoms with Crippen molar-refractivity contribution >= 4 is 11.8 Å². The number of piperidine rings is 1. The molecule has 1 saturated heterocycles. The lowest BCUT2D eigenvalue weighted by molar-refractivity contribution is -0.157. The van der Waals surface area contributed by atoms with E-state index in [0.29, 0.717) is 0 Å². The van der Waals surface area contributed by atoms with E-state index < -0.39 is 11.4 Å². The molecule has 1 aliphatic rings. The summed E-state index contributed by atoms with van der Waals surface area (Å²) in [6.45, 7) is 5.08. The van der Waals surface area contributed by atoms with Gasteiger partial charge in [-0.05, 0) is 40.3 Å². The van der Waals surface area contributed by atoms with Gasteiger partial charge in [0.1, 0.15) is 5.41 Å². The number of ether oxygens (including phenoxy) is 1. The van der Waals surface area contributed by atoms with Gasteiger partial charge in [0.05, 0.1) is 7.11 Å². The zero-order valence-electron chi connectivity index (χ0n) is 10.6. The molecule has 0 N–H and O–H groups in total. The Morgan fingerprint density at radius 2 is 2.00 bits per heavy atom. The molecule has 0 aromatic carbocycles. The second-order valence-electron chi connectivity index (χ2n) is 5.08. The fraction of sp³-hybridized carbons (Fsp3) is 0.833. The minimum Gasteiger partial charge on any atom is -0.468 e. The molecule has 4 heteroatoms. The van der Waals surface area contributed by atoms with Gasteiger partial charge in [-0.15, -0.1) is 0 Å². The predicted octanol–water partition coefficient (Wildman–Crippen LogP) is 1.10. The third-order valence-corrected chi connectivity index (χ3v) is 3.31. The summed E-state index contributed by atoms with van der Waals surface area (Å²) in [5.74, 6) is -0.468. The monoisotopic (exact) mass is 227 g/mol. The zero-order chi connectivity index (χ0) is 12.3. The molecule has 0 aliphatic carbocycles. The summed E-state index contributed by atoms with van der Waals surface area (Å²) in [4.78, 5) is 25.9. The van der Waals surface area contributed by atoms with Crippen LogP contribution in [0, 0.1) is 11.3 Å². The zero-order valence-corrected chi connectivity index (χ0v) is 10.6. The van der Waals surface area contributed by atoms with E-state index in [4.69, 9.17) is 0 Å². The molecule has 92 valence electrons. The van der Waals surface area contributed by atoms with Gasteiger partial charge in [-0.1, -0.05) is 0 Å². The molecular formula is C12H21NO3. The van der Waals surface area contributed by atoms with Gasteiger partial charge in [0.25, 0.3) is 0 Å². The number of methoxy groups -OCH3 is 1. The second-order valence-corrected chi connectivity index (χ2v) is 5.08. The highest BCUT2D eigenvalue weighted by atomic mass is 16.5. The molecule has 1 atom stereocenters. The van der Waals surface area contributed by atoms with Crippen molar-refractivity contribution in [1.29, 1.82) is 0 Å². The summed E-state index contributed by atoms with van der Waals surface area (Å²) in [7, 11) is 3.33. The molecule has 1 fully saturated rings. The van der Waals surface area contributed by atoms with Gasteiger partial charge in [-0.3, -0.25) is 9.59 Å². The molecule has 0 saturated carbocycles. The maximum absolute atomic E-state index is 12.2. The van der Waals surface area contributed by atoms with Crippen molar-refractivity contribution in [3.05, 3.63) is 0 Å². The predicted molar refractivity (Wildman–Crippen MR) is 61.0 cm³/mol. The van der Waals surface area contributed by atoms with Crippen LogP contribution in [-0.2, 0) is 14.3 Å². The lowest BCUT2D eigenvalue weighted by Crippen LogP contribution is -2.44. The molecule has 4 nitrogen and oxygen atoms in total. The number of ketones is 1. The van der Waals surface area contributed by atoms with Crippen molar-refractivity contribution in [2.75, 3.05) is 27.2 Å². The number of carbonyl (C=O) groups excluding carboxylic acids is 2. The van der Waals surface area contributed by atoms with Gasteiger partial charge in [0.2, 0.25) is 0 Å². The van der Waals surface area contributed by atoms with Crippen molar-refractivity contribution in [3.63, 3.8) is 0 Å². The van der Waals surface area contributed by atoms with Crippen LogP contribution in [0.25, 0.3) is 0 Å². The first-order chi connectivity index (χ1) is 7.39. The van der Waals surface area contributed by atoms with Crippen LogP contribution < -0.4 is 0 Å². The molecule has 0 bridgehead atoms. The van der Waals surface area contributed by atoms with Crippen LogP contribution in [0.4, 0.5) is 0 Å². The largest absolute Gasteiger partial charge is 0.468 e. The Morgan fingerprint density at radius 3 is 2.50 bits per heavy atom. The number of hydrogen-bond donors (Lipinski definition) is 0. The average molecular weight is 227 g/mol. The van der Waals surface area contributed by atoms with Crippen LogP contribution in [-0.4, -0.2) is 43.9 Å². The molecule has 0 spiro atoms. The first-order valence-corrected chi connectivity index (χ1v) is 5.71. The number of Topliss-reactive ketones (excluding diaryl/α,β-unsaturated/α-hetero) is 1. The van der Waals surface area contributed by atoms with Crippen LogP contribution in [0.1, 0.15) is 26.7 Å². The molecule has 0 aromatic rings. The lowest BCUT2D eigenvalue weighted by Gasteiger charge is -2.32. The Balaban J connectivity index is 2.72. The Kier molecular flexibility index (Phi) is 4.08. The summed E-state index contributed by atoms with van der Waals surface area (Å²) in [5.41, 5.74) is -1.02. The van der Waals surface area contributed by atoms with E-state index in [9.17, 15) is 9.59 Å². The van der Waals surface area contributed by atoms with Gasteiger partial charge in [0, 0.05) is 12.5 Å². The third-order valence-electron chi connectivity index (χ3n) is 3.31. The van der Waals surface area contributed by atoms with E-state index in [0.717, 1.165) is 25.9 Å². The number of rotatable bonds is 3. The lowest BCUT2D eigenvalue weighted by atomic mass is 9.78. The summed E-state index contributed by atoms with van der Waals surface area (Å²) in [6, 6.07) is 0. The molecule has 0 radical (unpaired) electrons. The molecule has 1 unspecified atom stereocenters. The number of nitrogens with zero attached hydrogens (tertiary/aromatic N) is 1. The number of hydrogen-bond acceptors (Lipinski definition) is 4. The van der Waals surface area contributed by atoms with Gasteiger partial charge >= 0.3 is 5.97 Å². The Bertz CT molecular complexity index is 286. The highest BCUT2D eigenvalue weighted by Gasteiger charge is 2.41. The SMILES string of the molecule is COC(=O)C(C)(C)C(=O)C1CCCN(C)C1. The van der Waals surface area contributed by atoms with E-state index in [2.05, 4.69) is 9.64 Å². The second kappa shape index (κ2) is 4.95. The quantitative estimate of drug-likeness (QED) is 0.535. The highest BCUT2D eigenvalue weighted by molar-refractivity contribution is 6.04. The fourth-order valence-corrected chi connectivity index (χ4v) is 2.25. The topological polar surface area (TPSA) is 46.6 Å². The van der Waals surface area contributed by atoms with E-state index in [1.807, 2.05) is 7.05 Å². The van der Waals surface area contributed by atoms with Crippen LogP contribution in [0.2, 0.25) is 0 Å². The minimum absolute atomic E-state index is 0.00546. The van der Waals surface area contributed by atoms with E-state index in [1.165, 1.54) is 7.11 Å². The van der Waals surface area contributed by atoms with Gasteiger partial charge in [-0.25, -0.2) is 0 Å². The molecular weight excluding hydrogens is 206 g/mol. The first-order valence-electron chi connectivity index (χ1n) is 5.71. The Hall–Kier alpha value is -0.900. The minimum atomic E-state index is -1.02. The Morgan fingerprint density at radius 1 is 1.38 bits per heavy atom. The maximum Gasteiger partial charge on any atom is 0.318 e. The van der Waals surface area contributed by atoms with Crippen LogP contribution >= 0.6 is 0 Å². The van der Waals surface area contributed by atoms with Crippen molar-refractivity contribution in [2.24, 2.45) is 11.3 Å². The van der Waals surface area contributed by atoms with Crippen molar-refractivity contribution in [2.45, 2.75) is 26.7 Å². The molecule has 16 heavy (non-hydrogen) atoms. The summed E-state index contributed by atoms with van der Waals surface area (Å²) in [5, 5.41) is 0. The first kappa shape index (κ1) is 13.2. The molecule has 1 heterocycles. The van der Waals surface area contributed by atoms with Crippen LogP contribution in [0.15, 0.2) is 0 Å². The number of carbonyl (C=O) groups is 2. The van der Waals surface area contributed by atoms with Gasteiger partial charge in [-0.2, -0.15) is 0 Å². The molecule has 1 rings (SSSR count). The fourth-order valence-electron chi connectivity index (χ4n) is 2.25. The molecule has 1 aliphatic heterocycles. The highest BCUT2D eigenvalue weighted by Crippen LogP contribution is 2.27. The van der Waals surface area contributed by atoms with Crippen molar-refractivity contribution in [3.8, 4) is 0 Å². The molecule has 0 amide bonds. The smallest absolute Gasteiger partial charge is 0.318 e. The van der Waals surface area contributed by atoms with Gasteiger partial charge < -0.3 is 9.64 Å². The number of esters is 1. The van der Waals surface area contributed by atoms with Crippen LogP contribution in [0.3, 0.4) is 0 Å². The van der Waals surface area contributed by atoms with E-state index in [-0.39, 0.29) is 11.7 Å². The summed E-state index contributed by atoms with van der Waals surface area (Å²) >= 11 is 0. The molecule has 0 aromatic heterocycles. The van der Waals surface area contributed by atoms with Crippen molar-refractivity contribution < 1.29 is 14.3 Å². The van der Waals surface area contributed by atoms with Crippen LogP contribution in [0.5, 0.6) is 0 Å². The number of likely N-dealkylation sites (tertiary alicyclic amines) is 1. The van der Waals surface area contributed by atoms with E-state index in [1.54, 1.807) is 13.8 Å². The van der Waals surface area contributed by atoms with Crippen molar-refractivity contribution in [1.82, 2.24) is 4.90 Å². The third kappa shape index (κ3) is 2.61. The normalized spacial score (nSPS) is 22.9. The maximum atomic E-state index is 12.2. The van der Waals surface area contributed by atoms with E-state index >= 15 is 0 Å². The standard InChI is InChI=1S/C12H21NO3/c1-12(2,11(15)16-4)10(14)9-6-5-7-13(3)8-9/h9H,5-8H2,1-4H3. The summed E-state index contributed by atoms with van der Waals surface area (Å²) < 4.78 is 4.68. The van der Waals surface area contributed by atoms with Gasteiger partial charge in [0.15, 0.2) is 5.78 Å².